The van der Waals surface area contributed by atoms with Gasteiger partial charge in [0.15, 0.2) is 0 Å². The lowest BCUT2D eigenvalue weighted by Gasteiger charge is -2.56. The van der Waals surface area contributed by atoms with Crippen molar-refractivity contribution < 1.29 is 18.7 Å². The van der Waals surface area contributed by atoms with Crippen LogP contribution in [0, 0.1) is 17.3 Å². The lowest BCUT2D eigenvalue weighted by atomic mass is 9.64. The summed E-state index contributed by atoms with van der Waals surface area (Å²) >= 11 is 6.82. The predicted molar refractivity (Wildman–Crippen MR) is 182 cm³/mol. The number of anilines is 1. The van der Waals surface area contributed by atoms with Crippen LogP contribution in [-0.4, -0.2) is 41.2 Å². The number of urea groups is 1. The number of carbonyl (C=O) groups is 1. The number of rotatable bonds is 11. The van der Waals surface area contributed by atoms with Gasteiger partial charge >= 0.3 is 6.03 Å². The van der Waals surface area contributed by atoms with Crippen molar-refractivity contribution in [3.05, 3.63) is 88.4 Å². The molecule has 3 unspecified atom stereocenters. The summed E-state index contributed by atoms with van der Waals surface area (Å²) in [6, 6.07) is 22.1. The van der Waals surface area contributed by atoms with Gasteiger partial charge in [-0.2, -0.15) is 0 Å². The first-order valence-corrected chi connectivity index (χ1v) is 16.8. The van der Waals surface area contributed by atoms with Crippen molar-refractivity contribution in [2.45, 2.75) is 78.1 Å². The van der Waals surface area contributed by atoms with Crippen molar-refractivity contribution in [1.29, 1.82) is 0 Å². The fraction of sp³-hybridized carbons (Fsp3) is 0.472. The highest BCUT2D eigenvalue weighted by molar-refractivity contribution is 6.30. The van der Waals surface area contributed by atoms with Gasteiger partial charge in [-0.15, -0.1) is 0 Å². The number of hydrogen-bond donors (Lipinski definition) is 0. The smallest absolute Gasteiger partial charge is 0.325 e. The van der Waals surface area contributed by atoms with E-state index in [-0.39, 0.29) is 23.0 Å². The standard InChI is InChI=1S/C36H47ClN2O4Si/c1-24(21-35(5,43-44)34(2,3)4)36(27-12-13-27)31-20-28(37)14-19-32(31)38(22-25-8-15-29(41-6)16-9-25)33(40)39(36)23-26-10-17-30(42-7)18-11-26/h8-11,14-20,24,27H,12-13,21-23H2,1-7,44H3. The third-order valence-electron chi connectivity index (χ3n) is 10.3. The molecule has 0 N–H and O–H groups in total. The summed E-state index contributed by atoms with van der Waals surface area (Å²) in [5, 5.41) is 0.682. The third-order valence-corrected chi connectivity index (χ3v) is 11.4. The molecular formula is C36H47ClN2O4Si. The lowest BCUT2D eigenvalue weighted by molar-refractivity contribution is -0.0612. The second-order valence-electron chi connectivity index (χ2n) is 13.7. The fourth-order valence-electron chi connectivity index (χ4n) is 7.13. The molecule has 3 aromatic rings. The van der Waals surface area contributed by atoms with Crippen molar-refractivity contribution >= 4 is 33.8 Å². The van der Waals surface area contributed by atoms with E-state index in [9.17, 15) is 0 Å². The Morgan fingerprint density at radius 1 is 0.909 bits per heavy atom. The average molecular weight is 635 g/mol. The van der Waals surface area contributed by atoms with E-state index in [1.807, 2.05) is 53.4 Å². The first-order chi connectivity index (χ1) is 20.9. The van der Waals surface area contributed by atoms with E-state index >= 15 is 4.79 Å². The maximum Gasteiger partial charge on any atom is 0.325 e. The number of benzene rings is 3. The molecule has 8 heteroatoms. The number of ether oxygens (including phenoxy) is 2. The van der Waals surface area contributed by atoms with Crippen molar-refractivity contribution in [2.24, 2.45) is 17.3 Å². The number of halogens is 1. The van der Waals surface area contributed by atoms with E-state index in [1.54, 1.807) is 14.2 Å². The van der Waals surface area contributed by atoms with E-state index in [0.717, 1.165) is 53.1 Å². The highest BCUT2D eigenvalue weighted by Gasteiger charge is 2.60. The molecule has 3 atom stereocenters. The monoisotopic (exact) mass is 634 g/mol. The zero-order chi connectivity index (χ0) is 31.9. The SMILES string of the molecule is COc1ccc(CN2C(=O)N(Cc3ccc(OC)cc3)C(C(C)CC(C)(O[SiH3])C(C)(C)C)(C3CC3)c3cc(Cl)ccc32)cc1. The summed E-state index contributed by atoms with van der Waals surface area (Å²) < 4.78 is 17.3. The highest BCUT2D eigenvalue weighted by atomic mass is 35.5. The zero-order valence-electron chi connectivity index (χ0n) is 27.4. The van der Waals surface area contributed by atoms with Gasteiger partial charge < -0.3 is 18.8 Å². The second kappa shape index (κ2) is 12.4. The molecule has 1 aliphatic heterocycles. The molecule has 6 nitrogen and oxygen atoms in total. The molecular weight excluding hydrogens is 588 g/mol. The van der Waals surface area contributed by atoms with Crippen LogP contribution in [0.25, 0.3) is 0 Å². The molecule has 0 spiro atoms. The van der Waals surface area contributed by atoms with Crippen LogP contribution in [0.4, 0.5) is 10.5 Å². The number of hydrogen-bond acceptors (Lipinski definition) is 4. The topological polar surface area (TPSA) is 51.2 Å². The molecule has 5 rings (SSSR count). The molecule has 0 bridgehead atoms. The normalized spacial score (nSPS) is 20.7. The van der Waals surface area contributed by atoms with Crippen LogP contribution in [0.3, 0.4) is 0 Å². The molecule has 44 heavy (non-hydrogen) atoms. The van der Waals surface area contributed by atoms with Crippen molar-refractivity contribution in [1.82, 2.24) is 4.90 Å². The van der Waals surface area contributed by atoms with Crippen LogP contribution >= 0.6 is 11.6 Å². The van der Waals surface area contributed by atoms with Crippen LogP contribution in [-0.2, 0) is 23.1 Å². The molecule has 1 fully saturated rings. The average Bonchev–Trinajstić information content (AvgIpc) is 3.85. The number of nitrogens with zero attached hydrogens (tertiary/aromatic N) is 2. The quantitative estimate of drug-likeness (QED) is 0.203. The molecule has 3 aromatic carbocycles. The molecule has 1 heterocycles. The number of methoxy groups -OCH3 is 2. The Morgan fingerprint density at radius 3 is 1.93 bits per heavy atom. The van der Waals surface area contributed by atoms with Crippen LogP contribution in [0.2, 0.25) is 5.02 Å². The Kier molecular flexibility index (Phi) is 9.14. The molecule has 2 amide bonds. The van der Waals surface area contributed by atoms with Gasteiger partial charge in [-0.3, -0.25) is 4.90 Å². The Bertz CT molecular complexity index is 1470. The Labute approximate surface area is 271 Å². The van der Waals surface area contributed by atoms with E-state index < -0.39 is 5.54 Å². The van der Waals surface area contributed by atoms with Gasteiger partial charge in [0.2, 0.25) is 0 Å². The fourth-order valence-corrected chi connectivity index (χ4v) is 8.08. The summed E-state index contributed by atoms with van der Waals surface area (Å²) in [5.74, 6) is 2.00. The van der Waals surface area contributed by atoms with E-state index in [2.05, 4.69) is 57.7 Å². The predicted octanol–water partition coefficient (Wildman–Crippen LogP) is 7.73. The van der Waals surface area contributed by atoms with Crippen LogP contribution < -0.4 is 14.4 Å². The zero-order valence-corrected chi connectivity index (χ0v) is 30.2. The van der Waals surface area contributed by atoms with Gasteiger partial charge in [0, 0.05) is 17.1 Å². The number of amides is 2. The molecule has 2 aliphatic rings. The molecule has 1 aliphatic carbocycles. The van der Waals surface area contributed by atoms with Gasteiger partial charge in [0.1, 0.15) is 22.0 Å². The summed E-state index contributed by atoms with van der Waals surface area (Å²) in [4.78, 5) is 19.1. The molecule has 1 saturated carbocycles. The second-order valence-corrected chi connectivity index (χ2v) is 14.5. The summed E-state index contributed by atoms with van der Waals surface area (Å²) in [6.07, 6.45) is 2.94. The minimum absolute atomic E-state index is 0.00876. The minimum atomic E-state index is -0.555. The lowest BCUT2D eigenvalue weighted by Crippen LogP contribution is -2.63. The molecule has 0 radical (unpaired) electrons. The summed E-state index contributed by atoms with van der Waals surface area (Å²) in [7, 11) is 3.97. The van der Waals surface area contributed by atoms with Crippen molar-refractivity contribution in [3.8, 4) is 11.5 Å². The Morgan fingerprint density at radius 2 is 1.45 bits per heavy atom. The Hall–Kier alpha value is -3.00. The summed E-state index contributed by atoms with van der Waals surface area (Å²) in [6.45, 7) is 12.2. The third kappa shape index (κ3) is 5.86. The van der Waals surface area contributed by atoms with Crippen LogP contribution in [0.5, 0.6) is 11.5 Å². The maximum atomic E-state index is 15.1. The summed E-state index contributed by atoms with van der Waals surface area (Å²) in [5.41, 5.74) is 3.17. The van der Waals surface area contributed by atoms with Gasteiger partial charge in [0.25, 0.3) is 0 Å². The number of fused-ring (bicyclic) bond motifs is 1. The van der Waals surface area contributed by atoms with Gasteiger partial charge in [-0.25, -0.2) is 4.79 Å². The first-order valence-electron chi connectivity index (χ1n) is 15.6. The maximum absolute atomic E-state index is 15.1. The Balaban J connectivity index is 1.69. The largest absolute Gasteiger partial charge is 0.497 e. The number of carbonyl (C=O) groups excluding carboxylic acids is 1. The van der Waals surface area contributed by atoms with Crippen LogP contribution in [0.1, 0.15) is 70.6 Å². The molecule has 0 saturated heterocycles. The van der Waals surface area contributed by atoms with Gasteiger partial charge in [-0.1, -0.05) is 63.6 Å². The van der Waals surface area contributed by atoms with Crippen molar-refractivity contribution in [3.63, 3.8) is 0 Å². The van der Waals surface area contributed by atoms with Gasteiger partial charge in [0.05, 0.1) is 37.6 Å². The van der Waals surface area contributed by atoms with E-state index in [0.29, 0.717) is 34.5 Å². The molecule has 0 aromatic heterocycles. The van der Waals surface area contributed by atoms with E-state index in [1.165, 1.54) is 0 Å². The van der Waals surface area contributed by atoms with Crippen molar-refractivity contribution in [2.75, 3.05) is 19.1 Å². The van der Waals surface area contributed by atoms with Gasteiger partial charge in [-0.05, 0) is 97.0 Å². The minimum Gasteiger partial charge on any atom is -0.497 e. The highest BCUT2D eigenvalue weighted by Crippen LogP contribution is 2.61. The molecule has 236 valence electrons. The van der Waals surface area contributed by atoms with Crippen LogP contribution in [0.15, 0.2) is 66.7 Å². The first kappa shape index (κ1) is 32.4. The van der Waals surface area contributed by atoms with E-state index in [4.69, 9.17) is 25.5 Å².